The van der Waals surface area contributed by atoms with Crippen LogP contribution in [-0.2, 0) is 0 Å². The molecule has 2 rings (SSSR count). The lowest BCUT2D eigenvalue weighted by Gasteiger charge is -2.00. The lowest BCUT2D eigenvalue weighted by Crippen LogP contribution is -1.95. The lowest BCUT2D eigenvalue weighted by molar-refractivity contribution is -0.384. The number of non-ortho nitro benzene ring substituents is 1. The van der Waals surface area contributed by atoms with Crippen LogP contribution in [0, 0.1) is 10.1 Å². The second-order valence-electron chi connectivity index (χ2n) is 3.31. The SMILES string of the molecule is CC1CNc2ccc([N+](=O)[O-])cc21. The highest BCUT2D eigenvalue weighted by Gasteiger charge is 2.20. The number of anilines is 1. The zero-order chi connectivity index (χ0) is 9.42. The van der Waals surface area contributed by atoms with Crippen LogP contribution in [0.2, 0.25) is 0 Å². The first-order valence-corrected chi connectivity index (χ1v) is 4.20. The molecular formula is C9H10N2O2. The summed E-state index contributed by atoms with van der Waals surface area (Å²) in [5.41, 5.74) is 2.25. The van der Waals surface area contributed by atoms with E-state index in [9.17, 15) is 10.1 Å². The monoisotopic (exact) mass is 178 g/mol. The van der Waals surface area contributed by atoms with E-state index < -0.39 is 0 Å². The molecule has 4 heteroatoms. The molecule has 0 amide bonds. The largest absolute Gasteiger partial charge is 0.384 e. The van der Waals surface area contributed by atoms with Crippen molar-refractivity contribution in [1.82, 2.24) is 0 Å². The lowest BCUT2D eigenvalue weighted by atomic mass is 10.0. The van der Waals surface area contributed by atoms with Gasteiger partial charge in [-0.3, -0.25) is 10.1 Å². The van der Waals surface area contributed by atoms with Gasteiger partial charge in [0, 0.05) is 30.3 Å². The summed E-state index contributed by atoms with van der Waals surface area (Å²) in [6, 6.07) is 4.96. The fraction of sp³-hybridized carbons (Fsp3) is 0.333. The van der Waals surface area contributed by atoms with Gasteiger partial charge in [0.05, 0.1) is 4.92 Å². The van der Waals surface area contributed by atoms with E-state index in [0.29, 0.717) is 5.92 Å². The maximum Gasteiger partial charge on any atom is 0.269 e. The minimum atomic E-state index is -0.356. The third kappa shape index (κ3) is 1.24. The Bertz CT molecular complexity index is 363. The van der Waals surface area contributed by atoms with Crippen LogP contribution in [-0.4, -0.2) is 11.5 Å². The predicted octanol–water partition coefficient (Wildman–Crippen LogP) is 2.12. The molecule has 68 valence electrons. The molecule has 0 aromatic heterocycles. The van der Waals surface area contributed by atoms with E-state index in [1.807, 2.05) is 0 Å². The molecule has 0 fully saturated rings. The van der Waals surface area contributed by atoms with Gasteiger partial charge in [0.15, 0.2) is 0 Å². The first kappa shape index (κ1) is 8.04. The number of hydrogen-bond acceptors (Lipinski definition) is 3. The van der Waals surface area contributed by atoms with E-state index in [0.717, 1.165) is 17.8 Å². The van der Waals surface area contributed by atoms with Crippen molar-refractivity contribution < 1.29 is 4.92 Å². The number of fused-ring (bicyclic) bond motifs is 1. The molecule has 0 radical (unpaired) electrons. The Kier molecular flexibility index (Phi) is 1.69. The second-order valence-corrected chi connectivity index (χ2v) is 3.31. The maximum absolute atomic E-state index is 10.5. The molecule has 1 aromatic carbocycles. The van der Waals surface area contributed by atoms with Crippen LogP contribution in [0.5, 0.6) is 0 Å². The van der Waals surface area contributed by atoms with Gasteiger partial charge in [-0.2, -0.15) is 0 Å². The summed E-state index contributed by atoms with van der Waals surface area (Å²) in [6.45, 7) is 2.93. The number of nitro benzene ring substituents is 1. The molecule has 1 aliphatic heterocycles. The zero-order valence-electron chi connectivity index (χ0n) is 7.28. The van der Waals surface area contributed by atoms with Crippen LogP contribution >= 0.6 is 0 Å². The van der Waals surface area contributed by atoms with Gasteiger partial charge in [-0.15, -0.1) is 0 Å². The van der Waals surface area contributed by atoms with Crippen LogP contribution in [0.15, 0.2) is 18.2 Å². The van der Waals surface area contributed by atoms with Crippen LogP contribution < -0.4 is 5.32 Å². The number of benzene rings is 1. The van der Waals surface area contributed by atoms with Gasteiger partial charge in [0.1, 0.15) is 0 Å². The Morgan fingerprint density at radius 1 is 1.62 bits per heavy atom. The molecule has 1 heterocycles. The van der Waals surface area contributed by atoms with Gasteiger partial charge >= 0.3 is 0 Å². The summed E-state index contributed by atoms with van der Waals surface area (Å²) in [4.78, 5) is 10.1. The molecule has 0 bridgehead atoms. The van der Waals surface area contributed by atoms with Crippen molar-refractivity contribution >= 4 is 11.4 Å². The highest BCUT2D eigenvalue weighted by molar-refractivity contribution is 5.61. The van der Waals surface area contributed by atoms with Crippen molar-refractivity contribution in [2.75, 3.05) is 11.9 Å². The van der Waals surface area contributed by atoms with E-state index >= 15 is 0 Å². The number of nitro groups is 1. The molecule has 1 aliphatic rings. The molecular weight excluding hydrogens is 168 g/mol. The van der Waals surface area contributed by atoms with Gasteiger partial charge in [-0.1, -0.05) is 6.92 Å². The maximum atomic E-state index is 10.5. The van der Waals surface area contributed by atoms with E-state index in [2.05, 4.69) is 12.2 Å². The highest BCUT2D eigenvalue weighted by Crippen LogP contribution is 2.33. The Hall–Kier alpha value is -1.58. The van der Waals surface area contributed by atoms with E-state index in [4.69, 9.17) is 0 Å². The molecule has 0 spiro atoms. The normalized spacial score (nSPS) is 19.3. The van der Waals surface area contributed by atoms with Crippen molar-refractivity contribution in [2.24, 2.45) is 0 Å². The summed E-state index contributed by atoms with van der Waals surface area (Å²) >= 11 is 0. The van der Waals surface area contributed by atoms with Crippen LogP contribution in [0.3, 0.4) is 0 Å². The van der Waals surface area contributed by atoms with Crippen molar-refractivity contribution in [3.8, 4) is 0 Å². The predicted molar refractivity (Wildman–Crippen MR) is 50.0 cm³/mol. The Labute approximate surface area is 75.7 Å². The highest BCUT2D eigenvalue weighted by atomic mass is 16.6. The third-order valence-electron chi connectivity index (χ3n) is 2.38. The van der Waals surface area contributed by atoms with E-state index in [1.165, 1.54) is 6.07 Å². The molecule has 13 heavy (non-hydrogen) atoms. The molecule has 1 aromatic rings. The Balaban J connectivity index is 2.47. The quantitative estimate of drug-likeness (QED) is 0.529. The van der Waals surface area contributed by atoms with Gasteiger partial charge in [0.25, 0.3) is 5.69 Å². The summed E-state index contributed by atoms with van der Waals surface area (Å²) < 4.78 is 0. The molecule has 1 N–H and O–H groups in total. The minimum absolute atomic E-state index is 0.175. The molecule has 0 aliphatic carbocycles. The van der Waals surface area contributed by atoms with Gasteiger partial charge in [-0.05, 0) is 11.6 Å². The van der Waals surface area contributed by atoms with Gasteiger partial charge in [0.2, 0.25) is 0 Å². The number of hydrogen-bond donors (Lipinski definition) is 1. The van der Waals surface area contributed by atoms with Crippen molar-refractivity contribution in [3.05, 3.63) is 33.9 Å². The molecule has 4 nitrogen and oxygen atoms in total. The summed E-state index contributed by atoms with van der Waals surface area (Å²) in [5.74, 6) is 0.370. The fourth-order valence-corrected chi connectivity index (χ4v) is 1.61. The standard InChI is InChI=1S/C9H10N2O2/c1-6-5-10-9-3-2-7(11(12)13)4-8(6)9/h2-4,6,10H,5H2,1H3. The van der Waals surface area contributed by atoms with Crippen LogP contribution in [0.4, 0.5) is 11.4 Å². The summed E-state index contributed by atoms with van der Waals surface area (Å²) in [5, 5.41) is 13.7. The fourth-order valence-electron chi connectivity index (χ4n) is 1.61. The average Bonchev–Trinajstić information content (AvgIpc) is 2.47. The van der Waals surface area contributed by atoms with Crippen molar-refractivity contribution in [3.63, 3.8) is 0 Å². The number of rotatable bonds is 1. The molecule has 1 unspecified atom stereocenters. The summed E-state index contributed by atoms with van der Waals surface area (Å²) in [6.07, 6.45) is 0. The Morgan fingerprint density at radius 3 is 3.08 bits per heavy atom. The van der Waals surface area contributed by atoms with E-state index in [1.54, 1.807) is 12.1 Å². The smallest absolute Gasteiger partial charge is 0.269 e. The zero-order valence-corrected chi connectivity index (χ0v) is 7.28. The average molecular weight is 178 g/mol. The van der Waals surface area contributed by atoms with Crippen LogP contribution in [0.25, 0.3) is 0 Å². The van der Waals surface area contributed by atoms with Crippen molar-refractivity contribution in [1.29, 1.82) is 0 Å². The van der Waals surface area contributed by atoms with Gasteiger partial charge in [-0.25, -0.2) is 0 Å². The minimum Gasteiger partial charge on any atom is -0.384 e. The third-order valence-corrected chi connectivity index (χ3v) is 2.38. The molecule has 1 atom stereocenters. The second kappa shape index (κ2) is 2.73. The van der Waals surface area contributed by atoms with Crippen molar-refractivity contribution in [2.45, 2.75) is 12.8 Å². The topological polar surface area (TPSA) is 55.2 Å². The molecule has 0 saturated carbocycles. The first-order chi connectivity index (χ1) is 6.18. The Morgan fingerprint density at radius 2 is 2.38 bits per heavy atom. The number of nitrogens with zero attached hydrogens (tertiary/aromatic N) is 1. The first-order valence-electron chi connectivity index (χ1n) is 4.20. The van der Waals surface area contributed by atoms with E-state index in [-0.39, 0.29) is 10.6 Å². The molecule has 0 saturated heterocycles. The van der Waals surface area contributed by atoms with Crippen LogP contribution in [0.1, 0.15) is 18.4 Å². The number of nitrogens with one attached hydrogen (secondary N) is 1. The van der Waals surface area contributed by atoms with Gasteiger partial charge < -0.3 is 5.32 Å². The summed E-state index contributed by atoms with van der Waals surface area (Å²) in [7, 11) is 0.